The van der Waals surface area contributed by atoms with Gasteiger partial charge in [0, 0.05) is 10.9 Å². The van der Waals surface area contributed by atoms with Crippen molar-refractivity contribution < 1.29 is 4.74 Å². The third-order valence-electron chi connectivity index (χ3n) is 2.40. The highest BCUT2D eigenvalue weighted by Gasteiger charge is 2.24. The summed E-state index contributed by atoms with van der Waals surface area (Å²) < 4.78 is 6.95. The van der Waals surface area contributed by atoms with Crippen LogP contribution < -0.4 is 4.74 Å². The molecule has 80 valence electrons. The maximum Gasteiger partial charge on any atom is 0.142 e. The van der Waals surface area contributed by atoms with Gasteiger partial charge in [-0.25, -0.2) is 0 Å². The SMILES string of the molecule is CC1(C)C=Cc2c(CBr)ccc(Br)c2O1. The second-order valence-electron chi connectivity index (χ2n) is 4.12. The van der Waals surface area contributed by atoms with Crippen LogP contribution in [0.1, 0.15) is 25.0 Å². The van der Waals surface area contributed by atoms with Gasteiger partial charge in [0.25, 0.3) is 0 Å². The van der Waals surface area contributed by atoms with Gasteiger partial charge in [-0.05, 0) is 47.5 Å². The fourth-order valence-electron chi connectivity index (χ4n) is 1.60. The Morgan fingerprint density at radius 1 is 1.33 bits per heavy atom. The van der Waals surface area contributed by atoms with E-state index in [4.69, 9.17) is 4.74 Å². The van der Waals surface area contributed by atoms with Crippen LogP contribution in [0.15, 0.2) is 22.7 Å². The van der Waals surface area contributed by atoms with Gasteiger partial charge >= 0.3 is 0 Å². The summed E-state index contributed by atoms with van der Waals surface area (Å²) in [6, 6.07) is 4.13. The lowest BCUT2D eigenvalue weighted by Crippen LogP contribution is -2.28. The number of ether oxygens (including phenoxy) is 1. The van der Waals surface area contributed by atoms with Crippen molar-refractivity contribution in [1.82, 2.24) is 0 Å². The maximum absolute atomic E-state index is 5.94. The average molecular weight is 332 g/mol. The van der Waals surface area contributed by atoms with E-state index in [0.717, 1.165) is 15.6 Å². The molecule has 1 aromatic carbocycles. The van der Waals surface area contributed by atoms with Crippen LogP contribution in [0.2, 0.25) is 0 Å². The fourth-order valence-corrected chi connectivity index (χ4v) is 2.51. The fraction of sp³-hybridized carbons (Fsp3) is 0.333. The Hall–Kier alpha value is -0.280. The molecular formula is C12H12Br2O. The van der Waals surface area contributed by atoms with Crippen LogP contribution >= 0.6 is 31.9 Å². The molecule has 0 amide bonds. The zero-order valence-electron chi connectivity index (χ0n) is 8.68. The minimum atomic E-state index is -0.222. The molecule has 1 aliphatic rings. The summed E-state index contributed by atoms with van der Waals surface area (Å²) in [7, 11) is 0. The lowest BCUT2D eigenvalue weighted by Gasteiger charge is -2.29. The molecule has 1 heterocycles. The maximum atomic E-state index is 5.94. The van der Waals surface area contributed by atoms with E-state index in [1.165, 1.54) is 11.1 Å². The third-order valence-corrected chi connectivity index (χ3v) is 3.63. The first-order valence-corrected chi connectivity index (χ1v) is 6.70. The molecule has 0 saturated heterocycles. The number of fused-ring (bicyclic) bond motifs is 1. The van der Waals surface area contributed by atoms with Crippen molar-refractivity contribution in [2.45, 2.75) is 24.8 Å². The summed E-state index contributed by atoms with van der Waals surface area (Å²) in [6.45, 7) is 4.11. The van der Waals surface area contributed by atoms with Gasteiger partial charge in [0.2, 0.25) is 0 Å². The molecule has 1 nitrogen and oxygen atoms in total. The smallest absolute Gasteiger partial charge is 0.142 e. The predicted molar refractivity (Wildman–Crippen MR) is 70.5 cm³/mol. The van der Waals surface area contributed by atoms with Gasteiger partial charge in [0.05, 0.1) is 4.47 Å². The summed E-state index contributed by atoms with van der Waals surface area (Å²) in [5, 5.41) is 0.844. The highest BCUT2D eigenvalue weighted by molar-refractivity contribution is 9.10. The Morgan fingerprint density at radius 3 is 2.73 bits per heavy atom. The lowest BCUT2D eigenvalue weighted by atomic mass is 9.99. The van der Waals surface area contributed by atoms with E-state index in [-0.39, 0.29) is 5.60 Å². The van der Waals surface area contributed by atoms with Crippen molar-refractivity contribution in [2.75, 3.05) is 0 Å². The van der Waals surface area contributed by atoms with E-state index in [9.17, 15) is 0 Å². The molecule has 15 heavy (non-hydrogen) atoms. The standard InChI is InChI=1S/C12H12Br2O/c1-12(2)6-5-9-8(7-13)3-4-10(14)11(9)15-12/h3-6H,7H2,1-2H3. The van der Waals surface area contributed by atoms with E-state index in [0.29, 0.717) is 0 Å². The van der Waals surface area contributed by atoms with Crippen LogP contribution in [0, 0.1) is 0 Å². The van der Waals surface area contributed by atoms with Gasteiger partial charge in [-0.15, -0.1) is 0 Å². The Balaban J connectivity index is 2.58. The molecule has 0 aliphatic carbocycles. The first kappa shape index (κ1) is 11.2. The van der Waals surface area contributed by atoms with Gasteiger partial charge in [-0.1, -0.05) is 28.1 Å². The summed E-state index contributed by atoms with van der Waals surface area (Å²) in [5.74, 6) is 0.944. The quantitative estimate of drug-likeness (QED) is 0.687. The molecule has 0 saturated carbocycles. The van der Waals surface area contributed by atoms with Gasteiger partial charge in [0.1, 0.15) is 11.4 Å². The molecule has 1 aliphatic heterocycles. The van der Waals surface area contributed by atoms with Crippen LogP contribution in [-0.2, 0) is 5.33 Å². The van der Waals surface area contributed by atoms with Crippen molar-refractivity contribution in [3.05, 3.63) is 33.8 Å². The highest BCUT2D eigenvalue weighted by atomic mass is 79.9. The molecule has 0 spiro atoms. The number of halogens is 2. The summed E-state index contributed by atoms with van der Waals surface area (Å²) in [4.78, 5) is 0. The van der Waals surface area contributed by atoms with Crippen LogP contribution in [0.3, 0.4) is 0 Å². The molecule has 0 radical (unpaired) electrons. The van der Waals surface area contributed by atoms with Gasteiger partial charge in [0.15, 0.2) is 0 Å². The van der Waals surface area contributed by atoms with Gasteiger partial charge in [-0.2, -0.15) is 0 Å². The molecule has 0 fully saturated rings. The molecule has 0 unspecified atom stereocenters. The van der Waals surface area contributed by atoms with E-state index in [1.807, 2.05) is 6.07 Å². The minimum Gasteiger partial charge on any atom is -0.482 e. The second-order valence-corrected chi connectivity index (χ2v) is 5.54. The first-order chi connectivity index (χ1) is 7.03. The molecule has 3 heteroatoms. The molecule has 0 bridgehead atoms. The number of hydrogen-bond acceptors (Lipinski definition) is 1. The Morgan fingerprint density at radius 2 is 2.07 bits per heavy atom. The zero-order valence-corrected chi connectivity index (χ0v) is 11.9. The van der Waals surface area contributed by atoms with Crippen molar-refractivity contribution >= 4 is 37.9 Å². The van der Waals surface area contributed by atoms with Crippen LogP contribution in [0.4, 0.5) is 0 Å². The number of rotatable bonds is 1. The van der Waals surface area contributed by atoms with E-state index in [2.05, 4.69) is 63.9 Å². The number of hydrogen-bond donors (Lipinski definition) is 0. The Kier molecular flexibility index (Phi) is 2.95. The highest BCUT2D eigenvalue weighted by Crippen LogP contribution is 2.39. The topological polar surface area (TPSA) is 9.23 Å². The van der Waals surface area contributed by atoms with Gasteiger partial charge < -0.3 is 4.74 Å². The van der Waals surface area contributed by atoms with Crippen LogP contribution in [-0.4, -0.2) is 5.60 Å². The first-order valence-electron chi connectivity index (χ1n) is 4.79. The lowest BCUT2D eigenvalue weighted by molar-refractivity contribution is 0.157. The largest absolute Gasteiger partial charge is 0.482 e. The molecule has 2 rings (SSSR count). The second kappa shape index (κ2) is 3.95. The monoisotopic (exact) mass is 330 g/mol. The summed E-state index contributed by atoms with van der Waals surface area (Å²) in [6.07, 6.45) is 4.23. The molecular weight excluding hydrogens is 320 g/mol. The molecule has 0 aromatic heterocycles. The van der Waals surface area contributed by atoms with Crippen LogP contribution in [0.5, 0.6) is 5.75 Å². The summed E-state index contributed by atoms with van der Waals surface area (Å²) in [5.41, 5.74) is 2.20. The average Bonchev–Trinajstić information content (AvgIpc) is 2.18. The van der Waals surface area contributed by atoms with Crippen molar-refractivity contribution in [3.63, 3.8) is 0 Å². The van der Waals surface area contributed by atoms with Crippen molar-refractivity contribution in [1.29, 1.82) is 0 Å². The molecule has 1 aromatic rings. The van der Waals surface area contributed by atoms with E-state index >= 15 is 0 Å². The Bertz CT molecular complexity index is 422. The summed E-state index contributed by atoms with van der Waals surface area (Å²) >= 11 is 7.01. The Labute approximate surface area is 107 Å². The third kappa shape index (κ3) is 2.13. The number of benzene rings is 1. The predicted octanol–water partition coefficient (Wildman–Crippen LogP) is 4.53. The molecule has 0 N–H and O–H groups in total. The minimum absolute atomic E-state index is 0.222. The molecule has 0 atom stereocenters. The zero-order chi connectivity index (χ0) is 11.1. The van der Waals surface area contributed by atoms with Crippen molar-refractivity contribution in [2.24, 2.45) is 0 Å². The normalized spacial score (nSPS) is 17.1. The van der Waals surface area contributed by atoms with E-state index in [1.54, 1.807) is 0 Å². The van der Waals surface area contributed by atoms with Crippen LogP contribution in [0.25, 0.3) is 6.08 Å². The number of alkyl halides is 1. The van der Waals surface area contributed by atoms with E-state index < -0.39 is 0 Å². The van der Waals surface area contributed by atoms with Gasteiger partial charge in [-0.3, -0.25) is 0 Å². The van der Waals surface area contributed by atoms with Crippen molar-refractivity contribution in [3.8, 4) is 5.75 Å².